The molecule has 0 aromatic carbocycles. The number of hydrogen-bond donors (Lipinski definition) is 0. The molecule has 0 atom stereocenters. The molecule has 1 spiro atoms. The molecule has 0 amide bonds. The lowest BCUT2D eigenvalue weighted by atomic mass is 9.95. The van der Waals surface area contributed by atoms with Crippen LogP contribution in [0.3, 0.4) is 0 Å². The highest BCUT2D eigenvalue weighted by Crippen LogP contribution is 2.38. The molecule has 18 heavy (non-hydrogen) atoms. The van der Waals surface area contributed by atoms with Gasteiger partial charge >= 0.3 is 11.9 Å². The van der Waals surface area contributed by atoms with Crippen LogP contribution in [-0.4, -0.2) is 23.5 Å². The van der Waals surface area contributed by atoms with Gasteiger partial charge in [0.1, 0.15) is 0 Å². The van der Waals surface area contributed by atoms with E-state index in [1.807, 2.05) is 13.8 Å². The maximum absolute atomic E-state index is 11.8. The Morgan fingerprint density at radius 3 is 2.17 bits per heavy atom. The van der Waals surface area contributed by atoms with E-state index in [0.29, 0.717) is 12.8 Å². The van der Waals surface area contributed by atoms with E-state index in [1.165, 1.54) is 0 Å². The van der Waals surface area contributed by atoms with Crippen LogP contribution in [0.1, 0.15) is 46.0 Å². The molecular weight excluding hydrogens is 236 g/mol. The van der Waals surface area contributed by atoms with Gasteiger partial charge in [0.15, 0.2) is 5.78 Å². The minimum absolute atomic E-state index is 0.0977. The molecule has 2 aliphatic rings. The van der Waals surface area contributed by atoms with Gasteiger partial charge in [-0.1, -0.05) is 13.8 Å². The summed E-state index contributed by atoms with van der Waals surface area (Å²) in [5, 5.41) is 0. The number of carbonyl (C=O) groups is 3. The van der Waals surface area contributed by atoms with Crippen molar-refractivity contribution in [2.24, 2.45) is 11.8 Å². The monoisotopic (exact) mass is 254 g/mol. The summed E-state index contributed by atoms with van der Waals surface area (Å²) in [6.45, 7) is 3.71. The molecule has 0 bridgehead atoms. The SMILES string of the molecule is CC(C)CC(=O)C1C(=O)OC2(CCCC2)OC1=O. The Kier molecular flexibility index (Phi) is 3.41. The van der Waals surface area contributed by atoms with E-state index < -0.39 is 29.4 Å². The predicted octanol–water partition coefficient (Wildman–Crippen LogP) is 1.59. The Morgan fingerprint density at radius 1 is 1.22 bits per heavy atom. The minimum atomic E-state index is -1.38. The van der Waals surface area contributed by atoms with Gasteiger partial charge in [-0.15, -0.1) is 0 Å². The molecule has 0 N–H and O–H groups in total. The van der Waals surface area contributed by atoms with Crippen LogP contribution in [0.4, 0.5) is 0 Å². The summed E-state index contributed by atoms with van der Waals surface area (Å²) >= 11 is 0. The highest BCUT2D eigenvalue weighted by Gasteiger charge is 2.52. The molecular formula is C13H18O5. The van der Waals surface area contributed by atoms with Crippen LogP contribution in [0.15, 0.2) is 0 Å². The van der Waals surface area contributed by atoms with Crippen molar-refractivity contribution in [3.8, 4) is 0 Å². The number of ketones is 1. The molecule has 0 radical (unpaired) electrons. The lowest BCUT2D eigenvalue weighted by Gasteiger charge is -2.35. The molecule has 0 aromatic heterocycles. The first-order valence-electron chi connectivity index (χ1n) is 6.42. The van der Waals surface area contributed by atoms with Crippen LogP contribution in [0, 0.1) is 11.8 Å². The van der Waals surface area contributed by atoms with Crippen molar-refractivity contribution < 1.29 is 23.9 Å². The van der Waals surface area contributed by atoms with E-state index in [-0.39, 0.29) is 12.3 Å². The summed E-state index contributed by atoms with van der Waals surface area (Å²) in [7, 11) is 0. The topological polar surface area (TPSA) is 69.7 Å². The second-order valence-corrected chi connectivity index (χ2v) is 5.46. The summed E-state index contributed by atoms with van der Waals surface area (Å²) in [4.78, 5) is 35.5. The Balaban J connectivity index is 2.09. The van der Waals surface area contributed by atoms with Gasteiger partial charge in [0.25, 0.3) is 5.79 Å². The smallest absolute Gasteiger partial charge is 0.331 e. The van der Waals surface area contributed by atoms with Crippen molar-refractivity contribution in [1.29, 1.82) is 0 Å². The molecule has 1 aliphatic heterocycles. The average molecular weight is 254 g/mol. The molecule has 1 heterocycles. The second kappa shape index (κ2) is 4.71. The van der Waals surface area contributed by atoms with Gasteiger partial charge in [-0.05, 0) is 18.8 Å². The summed E-state index contributed by atoms with van der Waals surface area (Å²) in [5.74, 6) is -4.24. The molecule has 1 saturated heterocycles. The van der Waals surface area contributed by atoms with E-state index in [1.54, 1.807) is 0 Å². The standard InChI is InChI=1S/C13H18O5/c1-8(2)7-9(14)10-11(15)17-13(18-12(10)16)5-3-4-6-13/h8,10H,3-7H2,1-2H3. The van der Waals surface area contributed by atoms with Crippen molar-refractivity contribution in [3.63, 3.8) is 0 Å². The first-order valence-corrected chi connectivity index (χ1v) is 6.42. The number of ether oxygens (including phenoxy) is 2. The number of esters is 2. The predicted molar refractivity (Wildman–Crippen MR) is 61.3 cm³/mol. The number of carbonyl (C=O) groups excluding carboxylic acids is 3. The lowest BCUT2D eigenvalue weighted by Crippen LogP contribution is -2.50. The first kappa shape index (κ1) is 13.1. The van der Waals surface area contributed by atoms with Crippen LogP contribution in [-0.2, 0) is 23.9 Å². The number of hydrogen-bond acceptors (Lipinski definition) is 5. The molecule has 0 aromatic rings. The summed E-state index contributed by atoms with van der Waals surface area (Å²) < 4.78 is 10.4. The van der Waals surface area contributed by atoms with E-state index >= 15 is 0 Å². The van der Waals surface area contributed by atoms with Crippen molar-refractivity contribution in [1.82, 2.24) is 0 Å². The van der Waals surface area contributed by atoms with E-state index in [2.05, 4.69) is 0 Å². The zero-order valence-corrected chi connectivity index (χ0v) is 10.7. The van der Waals surface area contributed by atoms with Crippen molar-refractivity contribution in [3.05, 3.63) is 0 Å². The quantitative estimate of drug-likeness (QED) is 0.565. The molecule has 2 rings (SSSR count). The highest BCUT2D eigenvalue weighted by molar-refractivity contribution is 6.15. The Labute approximate surface area is 106 Å². The first-order chi connectivity index (χ1) is 8.43. The zero-order chi connectivity index (χ0) is 13.3. The van der Waals surface area contributed by atoms with Gasteiger partial charge in [0, 0.05) is 19.3 Å². The Hall–Kier alpha value is -1.39. The fourth-order valence-electron chi connectivity index (χ4n) is 2.50. The molecule has 2 fully saturated rings. The number of rotatable bonds is 3. The number of Topliss-reactive ketones (excluding diaryl/α,β-unsaturated/α-hetero) is 1. The lowest BCUT2D eigenvalue weighted by molar-refractivity contribution is -0.248. The van der Waals surface area contributed by atoms with Crippen molar-refractivity contribution in [2.75, 3.05) is 0 Å². The normalized spacial score (nSPS) is 23.3. The summed E-state index contributed by atoms with van der Waals surface area (Å²) in [5.41, 5.74) is 0. The van der Waals surface area contributed by atoms with Crippen LogP contribution < -0.4 is 0 Å². The summed E-state index contributed by atoms with van der Waals surface area (Å²) in [6.07, 6.45) is 2.99. The van der Waals surface area contributed by atoms with Gasteiger partial charge < -0.3 is 9.47 Å². The largest absolute Gasteiger partial charge is 0.422 e. The molecule has 5 nitrogen and oxygen atoms in total. The third-order valence-corrected chi connectivity index (χ3v) is 3.34. The maximum Gasteiger partial charge on any atom is 0.331 e. The van der Waals surface area contributed by atoms with Crippen molar-refractivity contribution >= 4 is 17.7 Å². The van der Waals surface area contributed by atoms with Gasteiger partial charge in [-0.3, -0.25) is 14.4 Å². The van der Waals surface area contributed by atoms with Crippen LogP contribution in [0.25, 0.3) is 0 Å². The molecule has 100 valence electrons. The van der Waals surface area contributed by atoms with Crippen LogP contribution in [0.5, 0.6) is 0 Å². The Morgan fingerprint density at radius 2 is 1.72 bits per heavy atom. The Bertz CT molecular complexity index is 359. The fraction of sp³-hybridized carbons (Fsp3) is 0.769. The fourth-order valence-corrected chi connectivity index (χ4v) is 2.50. The molecule has 1 aliphatic carbocycles. The van der Waals surface area contributed by atoms with Crippen molar-refractivity contribution in [2.45, 2.75) is 51.7 Å². The van der Waals surface area contributed by atoms with E-state index in [9.17, 15) is 14.4 Å². The van der Waals surface area contributed by atoms with E-state index in [4.69, 9.17) is 9.47 Å². The van der Waals surface area contributed by atoms with Gasteiger partial charge in [0.05, 0.1) is 0 Å². The third-order valence-electron chi connectivity index (χ3n) is 3.34. The van der Waals surface area contributed by atoms with Crippen LogP contribution in [0.2, 0.25) is 0 Å². The molecule has 0 unspecified atom stereocenters. The van der Waals surface area contributed by atoms with Gasteiger partial charge in [-0.25, -0.2) is 0 Å². The van der Waals surface area contributed by atoms with Crippen LogP contribution >= 0.6 is 0 Å². The van der Waals surface area contributed by atoms with E-state index in [0.717, 1.165) is 12.8 Å². The second-order valence-electron chi connectivity index (χ2n) is 5.46. The highest BCUT2D eigenvalue weighted by atomic mass is 16.7. The molecule has 1 saturated carbocycles. The van der Waals surface area contributed by atoms with Gasteiger partial charge in [-0.2, -0.15) is 0 Å². The average Bonchev–Trinajstić information content (AvgIpc) is 2.63. The zero-order valence-electron chi connectivity index (χ0n) is 10.7. The maximum atomic E-state index is 11.8. The third kappa shape index (κ3) is 2.40. The minimum Gasteiger partial charge on any atom is -0.422 e. The molecule has 5 heteroatoms. The van der Waals surface area contributed by atoms with Gasteiger partial charge in [0.2, 0.25) is 5.92 Å². The summed E-state index contributed by atoms with van der Waals surface area (Å²) in [6, 6.07) is 0.